The lowest BCUT2D eigenvalue weighted by atomic mass is 10.2. The fourth-order valence-corrected chi connectivity index (χ4v) is 2.67. The Bertz CT molecular complexity index is 660. The first-order chi connectivity index (χ1) is 11.1. The van der Waals surface area contributed by atoms with E-state index in [1.807, 2.05) is 48.2 Å². The van der Waals surface area contributed by atoms with Gasteiger partial charge in [0.15, 0.2) is 0 Å². The zero-order valence-electron chi connectivity index (χ0n) is 13.2. The van der Waals surface area contributed by atoms with Crippen LogP contribution in [0.15, 0.2) is 48.5 Å². The molecule has 1 fully saturated rings. The molecule has 3 rings (SSSR count). The highest BCUT2D eigenvalue weighted by atomic mass is 16.3. The highest BCUT2D eigenvalue weighted by Gasteiger charge is 2.21. The smallest absolute Gasteiger partial charge is 0.321 e. The van der Waals surface area contributed by atoms with Crippen molar-refractivity contribution in [2.24, 2.45) is 0 Å². The maximum atomic E-state index is 12.3. The van der Waals surface area contributed by atoms with Gasteiger partial charge in [0.1, 0.15) is 5.75 Å². The zero-order valence-corrected chi connectivity index (χ0v) is 13.2. The molecule has 2 aromatic carbocycles. The van der Waals surface area contributed by atoms with Crippen molar-refractivity contribution >= 4 is 17.4 Å². The molecule has 0 aromatic heterocycles. The number of phenolic OH excluding ortho intramolecular Hbond substituents is 1. The first kappa shape index (κ1) is 15.2. The number of rotatable bonds is 2. The number of carbonyl (C=O) groups is 1. The van der Waals surface area contributed by atoms with E-state index in [1.165, 1.54) is 5.56 Å². The number of aryl methyl sites for hydroxylation is 1. The molecular weight excluding hydrogens is 290 g/mol. The van der Waals surface area contributed by atoms with E-state index >= 15 is 0 Å². The van der Waals surface area contributed by atoms with E-state index in [2.05, 4.69) is 10.2 Å². The Morgan fingerprint density at radius 1 is 0.957 bits per heavy atom. The maximum Gasteiger partial charge on any atom is 0.321 e. The molecule has 0 aliphatic carbocycles. The van der Waals surface area contributed by atoms with Crippen LogP contribution in [0.1, 0.15) is 5.56 Å². The van der Waals surface area contributed by atoms with Crippen molar-refractivity contribution in [2.75, 3.05) is 36.4 Å². The number of hydrogen-bond donors (Lipinski definition) is 2. The zero-order chi connectivity index (χ0) is 16.2. The molecule has 23 heavy (non-hydrogen) atoms. The van der Waals surface area contributed by atoms with Crippen LogP contribution in [0.2, 0.25) is 0 Å². The fraction of sp³-hybridized carbons (Fsp3) is 0.278. The summed E-state index contributed by atoms with van der Waals surface area (Å²) in [6.45, 7) is 4.95. The number of urea groups is 1. The highest BCUT2D eigenvalue weighted by Crippen LogP contribution is 2.20. The van der Waals surface area contributed by atoms with Crippen molar-refractivity contribution < 1.29 is 9.90 Å². The van der Waals surface area contributed by atoms with Crippen molar-refractivity contribution in [2.45, 2.75) is 6.92 Å². The van der Waals surface area contributed by atoms with Gasteiger partial charge in [-0.3, -0.25) is 0 Å². The molecule has 0 saturated carbocycles. The molecule has 1 heterocycles. The monoisotopic (exact) mass is 311 g/mol. The van der Waals surface area contributed by atoms with Gasteiger partial charge in [-0.1, -0.05) is 17.7 Å². The lowest BCUT2D eigenvalue weighted by Gasteiger charge is -2.36. The third-order valence-corrected chi connectivity index (χ3v) is 4.08. The molecule has 2 N–H and O–H groups in total. The number of amides is 2. The van der Waals surface area contributed by atoms with Crippen LogP contribution in [0.5, 0.6) is 5.75 Å². The molecule has 0 atom stereocenters. The number of nitrogens with one attached hydrogen (secondary N) is 1. The predicted octanol–water partition coefficient (Wildman–Crippen LogP) is 3.05. The average molecular weight is 311 g/mol. The molecule has 5 heteroatoms. The van der Waals surface area contributed by atoms with E-state index in [0.29, 0.717) is 13.1 Å². The van der Waals surface area contributed by atoms with Crippen molar-refractivity contribution in [3.63, 3.8) is 0 Å². The predicted molar refractivity (Wildman–Crippen MR) is 92.1 cm³/mol. The van der Waals surface area contributed by atoms with E-state index < -0.39 is 0 Å². The van der Waals surface area contributed by atoms with Gasteiger partial charge in [-0.05, 0) is 43.3 Å². The largest absolute Gasteiger partial charge is 0.508 e. The van der Waals surface area contributed by atoms with Crippen LogP contribution in [0.25, 0.3) is 0 Å². The number of nitrogens with zero attached hydrogens (tertiary/aromatic N) is 2. The van der Waals surface area contributed by atoms with Crippen LogP contribution in [-0.2, 0) is 0 Å². The lowest BCUT2D eigenvalue weighted by Crippen LogP contribution is -2.50. The van der Waals surface area contributed by atoms with E-state index in [-0.39, 0.29) is 11.8 Å². The second-order valence-electron chi connectivity index (χ2n) is 5.79. The van der Waals surface area contributed by atoms with Gasteiger partial charge in [0, 0.05) is 37.6 Å². The van der Waals surface area contributed by atoms with Gasteiger partial charge in [-0.25, -0.2) is 4.79 Å². The van der Waals surface area contributed by atoms with E-state index in [1.54, 1.807) is 12.1 Å². The Morgan fingerprint density at radius 3 is 2.17 bits per heavy atom. The highest BCUT2D eigenvalue weighted by molar-refractivity contribution is 5.89. The Kier molecular flexibility index (Phi) is 4.37. The summed E-state index contributed by atoms with van der Waals surface area (Å²) in [6, 6.07) is 14.9. The van der Waals surface area contributed by atoms with Crippen molar-refractivity contribution in [3.8, 4) is 5.75 Å². The number of piperazine rings is 1. The molecular formula is C18H21N3O2. The van der Waals surface area contributed by atoms with Gasteiger partial charge in [0.2, 0.25) is 0 Å². The van der Waals surface area contributed by atoms with Crippen LogP contribution >= 0.6 is 0 Å². The van der Waals surface area contributed by atoms with Gasteiger partial charge in [0.05, 0.1) is 0 Å². The third kappa shape index (κ3) is 3.74. The molecule has 0 bridgehead atoms. The third-order valence-electron chi connectivity index (χ3n) is 4.08. The normalized spacial score (nSPS) is 14.7. The summed E-state index contributed by atoms with van der Waals surface area (Å²) in [6.07, 6.45) is 0. The summed E-state index contributed by atoms with van der Waals surface area (Å²) < 4.78 is 0. The molecule has 5 nitrogen and oxygen atoms in total. The topological polar surface area (TPSA) is 55.8 Å². The number of anilines is 2. The fourth-order valence-electron chi connectivity index (χ4n) is 2.67. The first-order valence-corrected chi connectivity index (χ1v) is 7.78. The lowest BCUT2D eigenvalue weighted by molar-refractivity contribution is 0.208. The Balaban J connectivity index is 1.54. The number of carbonyl (C=O) groups excluding carboxylic acids is 1. The average Bonchev–Trinajstić information content (AvgIpc) is 2.58. The minimum Gasteiger partial charge on any atom is -0.508 e. The second kappa shape index (κ2) is 6.60. The molecule has 0 unspecified atom stereocenters. The van der Waals surface area contributed by atoms with E-state index in [4.69, 9.17) is 0 Å². The molecule has 0 radical (unpaired) electrons. The maximum absolute atomic E-state index is 12.3. The van der Waals surface area contributed by atoms with Crippen LogP contribution in [-0.4, -0.2) is 42.2 Å². The number of aromatic hydroxyl groups is 1. The summed E-state index contributed by atoms with van der Waals surface area (Å²) in [4.78, 5) is 16.4. The van der Waals surface area contributed by atoms with Crippen molar-refractivity contribution in [1.82, 2.24) is 4.90 Å². The SMILES string of the molecule is Cc1ccc(NC(=O)N2CCN(c3ccc(O)cc3)CC2)cc1. The summed E-state index contributed by atoms with van der Waals surface area (Å²) in [5, 5.41) is 12.3. The number of hydrogen-bond acceptors (Lipinski definition) is 3. The molecule has 0 spiro atoms. The van der Waals surface area contributed by atoms with Gasteiger partial charge in [-0.15, -0.1) is 0 Å². The minimum atomic E-state index is -0.0563. The summed E-state index contributed by atoms with van der Waals surface area (Å²) >= 11 is 0. The van der Waals surface area contributed by atoms with E-state index in [9.17, 15) is 9.90 Å². The molecule has 1 aliphatic heterocycles. The molecule has 2 amide bonds. The summed E-state index contributed by atoms with van der Waals surface area (Å²) in [5.74, 6) is 0.268. The van der Waals surface area contributed by atoms with Crippen LogP contribution < -0.4 is 10.2 Å². The van der Waals surface area contributed by atoms with Gasteiger partial charge >= 0.3 is 6.03 Å². The van der Waals surface area contributed by atoms with Crippen LogP contribution in [0.4, 0.5) is 16.2 Å². The van der Waals surface area contributed by atoms with Gasteiger partial charge in [-0.2, -0.15) is 0 Å². The Morgan fingerprint density at radius 2 is 1.57 bits per heavy atom. The molecule has 1 aliphatic rings. The Labute approximate surface area is 136 Å². The molecule has 120 valence electrons. The standard InChI is InChI=1S/C18H21N3O2/c1-14-2-4-15(5-3-14)19-18(23)21-12-10-20(11-13-21)16-6-8-17(22)9-7-16/h2-9,22H,10-13H2,1H3,(H,19,23). The minimum absolute atomic E-state index is 0.0563. The van der Waals surface area contributed by atoms with Gasteiger partial charge in [0.25, 0.3) is 0 Å². The molecule has 2 aromatic rings. The van der Waals surface area contributed by atoms with Crippen LogP contribution in [0, 0.1) is 6.92 Å². The first-order valence-electron chi connectivity index (χ1n) is 7.78. The second-order valence-corrected chi connectivity index (χ2v) is 5.79. The molecule has 1 saturated heterocycles. The number of phenols is 1. The van der Waals surface area contributed by atoms with Crippen molar-refractivity contribution in [3.05, 3.63) is 54.1 Å². The summed E-state index contributed by atoms with van der Waals surface area (Å²) in [5.41, 5.74) is 3.06. The van der Waals surface area contributed by atoms with E-state index in [0.717, 1.165) is 24.5 Å². The van der Waals surface area contributed by atoms with Crippen LogP contribution in [0.3, 0.4) is 0 Å². The Hall–Kier alpha value is -2.69. The van der Waals surface area contributed by atoms with Crippen molar-refractivity contribution in [1.29, 1.82) is 0 Å². The number of benzene rings is 2. The quantitative estimate of drug-likeness (QED) is 0.896. The summed E-state index contributed by atoms with van der Waals surface area (Å²) in [7, 11) is 0. The van der Waals surface area contributed by atoms with Gasteiger partial charge < -0.3 is 20.2 Å².